The fourth-order valence-corrected chi connectivity index (χ4v) is 1.71. The second-order valence-corrected chi connectivity index (χ2v) is 3.70. The SMILES string of the molecule is c1c[nH]c(CNCc2nccs2)c1. The Morgan fingerprint density at radius 1 is 1.46 bits per heavy atom. The normalized spacial score (nSPS) is 10.5. The number of aromatic nitrogens is 2. The minimum atomic E-state index is 0.844. The van der Waals surface area contributed by atoms with Gasteiger partial charge in [-0.05, 0) is 12.1 Å². The lowest BCUT2D eigenvalue weighted by Gasteiger charge is -1.99. The van der Waals surface area contributed by atoms with Crippen molar-refractivity contribution in [1.29, 1.82) is 0 Å². The molecule has 68 valence electrons. The molecule has 2 heterocycles. The fourth-order valence-electron chi connectivity index (χ4n) is 1.12. The molecule has 0 radical (unpaired) electrons. The van der Waals surface area contributed by atoms with Crippen LogP contribution in [-0.2, 0) is 13.1 Å². The van der Waals surface area contributed by atoms with E-state index in [2.05, 4.69) is 21.4 Å². The van der Waals surface area contributed by atoms with Crippen LogP contribution in [0.1, 0.15) is 10.7 Å². The van der Waals surface area contributed by atoms with E-state index in [0.29, 0.717) is 0 Å². The highest BCUT2D eigenvalue weighted by atomic mass is 32.1. The van der Waals surface area contributed by atoms with E-state index < -0.39 is 0 Å². The summed E-state index contributed by atoms with van der Waals surface area (Å²) in [5.74, 6) is 0. The Kier molecular flexibility index (Phi) is 2.74. The van der Waals surface area contributed by atoms with E-state index in [9.17, 15) is 0 Å². The number of aromatic amines is 1. The first kappa shape index (κ1) is 8.47. The van der Waals surface area contributed by atoms with E-state index in [1.54, 1.807) is 11.3 Å². The summed E-state index contributed by atoms with van der Waals surface area (Å²) >= 11 is 1.68. The van der Waals surface area contributed by atoms with Crippen LogP contribution in [0, 0.1) is 0 Å². The predicted molar refractivity (Wildman–Crippen MR) is 53.5 cm³/mol. The maximum atomic E-state index is 4.18. The standard InChI is InChI=1S/C9H11N3S/c1-2-8(11-3-1)6-10-7-9-12-4-5-13-9/h1-5,10-11H,6-7H2. The molecule has 0 aliphatic heterocycles. The third-order valence-electron chi connectivity index (χ3n) is 1.74. The second-order valence-electron chi connectivity index (χ2n) is 2.72. The van der Waals surface area contributed by atoms with Crippen molar-refractivity contribution in [2.75, 3.05) is 0 Å². The Morgan fingerprint density at radius 3 is 3.15 bits per heavy atom. The van der Waals surface area contributed by atoms with Crippen LogP contribution >= 0.6 is 11.3 Å². The molecule has 2 aromatic rings. The highest BCUT2D eigenvalue weighted by Crippen LogP contribution is 2.03. The zero-order valence-electron chi connectivity index (χ0n) is 7.16. The van der Waals surface area contributed by atoms with E-state index in [1.165, 1.54) is 5.69 Å². The quantitative estimate of drug-likeness (QED) is 0.776. The fraction of sp³-hybridized carbons (Fsp3) is 0.222. The van der Waals surface area contributed by atoms with Gasteiger partial charge in [0.15, 0.2) is 0 Å². The molecule has 0 fully saturated rings. The van der Waals surface area contributed by atoms with Crippen molar-refractivity contribution in [2.45, 2.75) is 13.1 Å². The first-order valence-electron chi connectivity index (χ1n) is 4.16. The van der Waals surface area contributed by atoms with E-state index in [-0.39, 0.29) is 0 Å². The molecule has 0 unspecified atom stereocenters. The summed E-state index contributed by atoms with van der Waals surface area (Å²) in [4.78, 5) is 7.32. The van der Waals surface area contributed by atoms with Crippen molar-refractivity contribution >= 4 is 11.3 Å². The summed E-state index contributed by atoms with van der Waals surface area (Å²) in [7, 11) is 0. The summed E-state index contributed by atoms with van der Waals surface area (Å²) in [5, 5.41) is 6.43. The van der Waals surface area contributed by atoms with Crippen molar-refractivity contribution in [2.24, 2.45) is 0 Å². The summed E-state index contributed by atoms with van der Waals surface area (Å²) in [5.41, 5.74) is 1.21. The molecule has 0 spiro atoms. The first-order chi connectivity index (χ1) is 6.45. The number of nitrogens with one attached hydrogen (secondary N) is 2. The molecule has 0 bridgehead atoms. The minimum absolute atomic E-state index is 0.844. The topological polar surface area (TPSA) is 40.7 Å². The molecule has 0 aromatic carbocycles. The largest absolute Gasteiger partial charge is 0.364 e. The maximum absolute atomic E-state index is 4.18. The zero-order valence-corrected chi connectivity index (χ0v) is 7.97. The molecule has 0 saturated carbocycles. The number of hydrogen-bond donors (Lipinski definition) is 2. The molecule has 2 N–H and O–H groups in total. The molecule has 4 heteroatoms. The van der Waals surface area contributed by atoms with Gasteiger partial charge in [0.05, 0.1) is 0 Å². The van der Waals surface area contributed by atoms with E-state index in [0.717, 1.165) is 18.1 Å². The molecule has 3 nitrogen and oxygen atoms in total. The van der Waals surface area contributed by atoms with Gasteiger partial charge in [-0.15, -0.1) is 11.3 Å². The molecule has 0 aliphatic rings. The molecule has 0 saturated heterocycles. The average molecular weight is 193 g/mol. The number of thiazole rings is 1. The molecule has 0 atom stereocenters. The van der Waals surface area contributed by atoms with Crippen LogP contribution in [0.25, 0.3) is 0 Å². The van der Waals surface area contributed by atoms with Gasteiger partial charge in [0.25, 0.3) is 0 Å². The van der Waals surface area contributed by atoms with Crippen molar-refractivity contribution in [3.63, 3.8) is 0 Å². The number of rotatable bonds is 4. The molecular weight excluding hydrogens is 182 g/mol. The Labute approximate surface area is 80.8 Å². The van der Waals surface area contributed by atoms with Gasteiger partial charge in [-0.2, -0.15) is 0 Å². The smallest absolute Gasteiger partial charge is 0.106 e. The van der Waals surface area contributed by atoms with E-state index in [4.69, 9.17) is 0 Å². The summed E-state index contributed by atoms with van der Waals surface area (Å²) in [6, 6.07) is 4.06. The average Bonchev–Trinajstić information content (AvgIpc) is 2.75. The van der Waals surface area contributed by atoms with Gasteiger partial charge in [0.1, 0.15) is 5.01 Å². The van der Waals surface area contributed by atoms with Crippen LogP contribution in [0.3, 0.4) is 0 Å². The Hall–Kier alpha value is -1.13. The van der Waals surface area contributed by atoms with Gasteiger partial charge >= 0.3 is 0 Å². The lowest BCUT2D eigenvalue weighted by molar-refractivity contribution is 0.679. The zero-order chi connectivity index (χ0) is 8.93. The van der Waals surface area contributed by atoms with E-state index >= 15 is 0 Å². The van der Waals surface area contributed by atoms with Gasteiger partial charge in [0, 0.05) is 36.6 Å². The van der Waals surface area contributed by atoms with Crippen molar-refractivity contribution in [1.82, 2.24) is 15.3 Å². The van der Waals surface area contributed by atoms with Gasteiger partial charge in [-0.25, -0.2) is 4.98 Å². The number of nitrogens with zero attached hydrogens (tertiary/aromatic N) is 1. The van der Waals surface area contributed by atoms with Gasteiger partial charge in [-0.1, -0.05) is 0 Å². The highest BCUT2D eigenvalue weighted by Gasteiger charge is 1.95. The third-order valence-corrected chi connectivity index (χ3v) is 2.52. The Bertz CT molecular complexity index is 291. The van der Waals surface area contributed by atoms with Crippen LogP contribution in [0.4, 0.5) is 0 Å². The van der Waals surface area contributed by atoms with Crippen LogP contribution in [-0.4, -0.2) is 9.97 Å². The molecule has 0 amide bonds. The Balaban J connectivity index is 1.76. The first-order valence-corrected chi connectivity index (χ1v) is 5.04. The molecule has 0 aliphatic carbocycles. The monoisotopic (exact) mass is 193 g/mol. The Morgan fingerprint density at radius 2 is 2.46 bits per heavy atom. The second kappa shape index (κ2) is 4.20. The summed E-state index contributed by atoms with van der Waals surface area (Å²) in [6.45, 7) is 1.71. The lowest BCUT2D eigenvalue weighted by Crippen LogP contribution is -2.12. The van der Waals surface area contributed by atoms with Crippen molar-refractivity contribution in [3.8, 4) is 0 Å². The van der Waals surface area contributed by atoms with E-state index in [1.807, 2.05) is 23.8 Å². The maximum Gasteiger partial charge on any atom is 0.106 e. The number of H-pyrrole nitrogens is 1. The molecule has 2 rings (SSSR count). The predicted octanol–water partition coefficient (Wildman–Crippen LogP) is 1.76. The van der Waals surface area contributed by atoms with Crippen LogP contribution in [0.5, 0.6) is 0 Å². The number of hydrogen-bond acceptors (Lipinski definition) is 3. The molecular formula is C9H11N3S. The molecule has 2 aromatic heterocycles. The van der Waals surface area contributed by atoms with Crippen LogP contribution in [0.15, 0.2) is 29.9 Å². The highest BCUT2D eigenvalue weighted by molar-refractivity contribution is 7.09. The van der Waals surface area contributed by atoms with Crippen LogP contribution in [0.2, 0.25) is 0 Å². The summed E-state index contributed by atoms with van der Waals surface area (Å²) < 4.78 is 0. The minimum Gasteiger partial charge on any atom is -0.364 e. The molecule has 13 heavy (non-hydrogen) atoms. The van der Waals surface area contributed by atoms with Gasteiger partial charge in [-0.3, -0.25) is 0 Å². The van der Waals surface area contributed by atoms with Gasteiger partial charge < -0.3 is 10.3 Å². The van der Waals surface area contributed by atoms with Crippen molar-refractivity contribution < 1.29 is 0 Å². The summed E-state index contributed by atoms with van der Waals surface area (Å²) in [6.07, 6.45) is 3.76. The lowest BCUT2D eigenvalue weighted by atomic mass is 10.4. The van der Waals surface area contributed by atoms with Crippen LogP contribution < -0.4 is 5.32 Å². The van der Waals surface area contributed by atoms with Crippen molar-refractivity contribution in [3.05, 3.63) is 40.6 Å². The third kappa shape index (κ3) is 2.40. The van der Waals surface area contributed by atoms with Gasteiger partial charge in [0.2, 0.25) is 0 Å².